The highest BCUT2D eigenvalue weighted by Crippen LogP contribution is 2.45. The van der Waals surface area contributed by atoms with E-state index < -0.39 is 17.2 Å². The second-order valence-corrected chi connectivity index (χ2v) is 8.40. The van der Waals surface area contributed by atoms with Gasteiger partial charge in [-0.05, 0) is 36.1 Å². The molecule has 2 aromatic rings. The maximum absolute atomic E-state index is 13.1. The van der Waals surface area contributed by atoms with Gasteiger partial charge in [-0.1, -0.05) is 56.8 Å². The number of anilines is 1. The van der Waals surface area contributed by atoms with Crippen molar-refractivity contribution in [3.8, 4) is 6.07 Å². The zero-order valence-electron chi connectivity index (χ0n) is 17.5. The average molecular weight is 433 g/mol. The Bertz CT molecular complexity index is 1090. The van der Waals surface area contributed by atoms with E-state index in [0.29, 0.717) is 10.8 Å². The van der Waals surface area contributed by atoms with Crippen LogP contribution in [0.1, 0.15) is 30.7 Å². The van der Waals surface area contributed by atoms with Crippen LogP contribution in [0.15, 0.2) is 67.0 Å². The van der Waals surface area contributed by atoms with Crippen molar-refractivity contribution >= 4 is 33.9 Å². The largest absolute Gasteiger partial charge is 0.325 e. The van der Waals surface area contributed by atoms with E-state index in [1.54, 1.807) is 19.2 Å². The Balaban J connectivity index is 1.96. The minimum absolute atomic E-state index is 0.281. The van der Waals surface area contributed by atoms with Gasteiger partial charge in [0.25, 0.3) is 0 Å². The first-order chi connectivity index (χ1) is 14.9. The lowest BCUT2D eigenvalue weighted by molar-refractivity contribution is -0.122. The maximum atomic E-state index is 13.1. The van der Waals surface area contributed by atoms with Crippen LogP contribution in [0.5, 0.6) is 0 Å². The number of thiazole rings is 1. The van der Waals surface area contributed by atoms with E-state index in [2.05, 4.69) is 28.3 Å². The third-order valence-electron chi connectivity index (χ3n) is 5.45. The number of carbonyl (C=O) groups excluding carboxylic acids is 2. The highest BCUT2D eigenvalue weighted by molar-refractivity contribution is 7.15. The molecule has 1 aromatic heterocycles. The summed E-state index contributed by atoms with van der Waals surface area (Å²) in [6.45, 7) is 7.21. The first-order valence-corrected chi connectivity index (χ1v) is 10.8. The SMILES string of the molecule is C=CC(=O)NC1=CC=C(c2ccccc2)C[C@]1(C#N)C(C)C(=O)Nc1ncc(CC)s1. The molecule has 1 heterocycles. The molecule has 3 rings (SSSR count). The molecule has 1 aliphatic rings. The molecular weight excluding hydrogens is 408 g/mol. The first-order valence-electron chi connectivity index (χ1n) is 10.0. The van der Waals surface area contributed by atoms with E-state index >= 15 is 0 Å². The standard InChI is InChI=1S/C24H24N4O2S/c1-4-19-14-26-23(31-19)28-22(30)16(3)24(15-25)13-18(17-9-7-6-8-10-17)11-12-20(24)27-21(29)5-2/h5-12,14,16H,2,4,13H2,1,3H3,(H,27,29)(H,26,28,30)/t16?,24-/m0/s1. The first kappa shape index (κ1) is 22.2. The van der Waals surface area contributed by atoms with Crippen molar-refractivity contribution in [1.82, 2.24) is 10.3 Å². The molecular formula is C24H24N4O2S. The lowest BCUT2D eigenvalue weighted by Crippen LogP contribution is -2.44. The molecule has 0 saturated heterocycles. The van der Waals surface area contributed by atoms with E-state index in [1.807, 2.05) is 43.3 Å². The molecule has 0 bridgehead atoms. The highest BCUT2D eigenvalue weighted by atomic mass is 32.1. The van der Waals surface area contributed by atoms with E-state index in [0.717, 1.165) is 28.5 Å². The molecule has 0 spiro atoms. The number of hydrogen-bond acceptors (Lipinski definition) is 5. The van der Waals surface area contributed by atoms with E-state index in [1.165, 1.54) is 11.3 Å². The fraction of sp³-hybridized carbons (Fsp3) is 0.250. The summed E-state index contributed by atoms with van der Waals surface area (Å²) in [4.78, 5) is 30.5. The van der Waals surface area contributed by atoms with Crippen LogP contribution >= 0.6 is 11.3 Å². The van der Waals surface area contributed by atoms with Crippen molar-refractivity contribution in [3.05, 3.63) is 77.5 Å². The normalized spacial score (nSPS) is 18.7. The molecule has 2 amide bonds. The predicted molar refractivity (Wildman–Crippen MR) is 123 cm³/mol. The van der Waals surface area contributed by atoms with Crippen molar-refractivity contribution in [1.29, 1.82) is 5.26 Å². The third-order valence-corrected chi connectivity index (χ3v) is 6.51. The summed E-state index contributed by atoms with van der Waals surface area (Å²) in [5, 5.41) is 16.4. The number of benzene rings is 1. The van der Waals surface area contributed by atoms with Gasteiger partial charge in [-0.25, -0.2) is 4.98 Å². The summed E-state index contributed by atoms with van der Waals surface area (Å²) in [6.07, 6.45) is 7.57. The van der Waals surface area contributed by atoms with E-state index in [-0.39, 0.29) is 12.3 Å². The fourth-order valence-corrected chi connectivity index (χ4v) is 4.28. The average Bonchev–Trinajstić information content (AvgIpc) is 3.26. The zero-order chi connectivity index (χ0) is 22.4. The Morgan fingerprint density at radius 2 is 2.06 bits per heavy atom. The maximum Gasteiger partial charge on any atom is 0.247 e. The number of aromatic nitrogens is 1. The van der Waals surface area contributed by atoms with Crippen LogP contribution in [0, 0.1) is 22.7 Å². The Labute approximate surface area is 186 Å². The van der Waals surface area contributed by atoms with Gasteiger partial charge >= 0.3 is 0 Å². The van der Waals surface area contributed by atoms with Crippen molar-refractivity contribution in [2.45, 2.75) is 26.7 Å². The summed E-state index contributed by atoms with van der Waals surface area (Å²) in [7, 11) is 0. The fourth-order valence-electron chi connectivity index (χ4n) is 3.52. The number of hydrogen-bond donors (Lipinski definition) is 2. The second-order valence-electron chi connectivity index (χ2n) is 7.29. The Morgan fingerprint density at radius 1 is 1.32 bits per heavy atom. The Kier molecular flexibility index (Phi) is 6.83. The Morgan fingerprint density at radius 3 is 2.68 bits per heavy atom. The third kappa shape index (κ3) is 4.65. The van der Waals surface area contributed by atoms with Gasteiger partial charge in [0, 0.05) is 16.8 Å². The number of carbonyl (C=O) groups is 2. The predicted octanol–water partition coefficient (Wildman–Crippen LogP) is 4.46. The van der Waals surface area contributed by atoms with Crippen LogP contribution in [0.4, 0.5) is 5.13 Å². The number of nitriles is 1. The van der Waals surface area contributed by atoms with Crippen molar-refractivity contribution < 1.29 is 9.59 Å². The van der Waals surface area contributed by atoms with Gasteiger partial charge in [0.15, 0.2) is 5.13 Å². The summed E-state index contributed by atoms with van der Waals surface area (Å²) < 4.78 is 0. The monoisotopic (exact) mass is 432 g/mol. The highest BCUT2D eigenvalue weighted by Gasteiger charge is 2.46. The van der Waals surface area contributed by atoms with Gasteiger partial charge < -0.3 is 10.6 Å². The van der Waals surface area contributed by atoms with Crippen LogP contribution < -0.4 is 10.6 Å². The minimum atomic E-state index is -1.26. The van der Waals surface area contributed by atoms with Crippen molar-refractivity contribution in [2.75, 3.05) is 5.32 Å². The molecule has 158 valence electrons. The molecule has 6 nitrogen and oxygen atoms in total. The van der Waals surface area contributed by atoms with Gasteiger partial charge in [-0.3, -0.25) is 9.59 Å². The second kappa shape index (κ2) is 9.54. The van der Waals surface area contributed by atoms with E-state index in [9.17, 15) is 14.9 Å². The molecule has 0 aliphatic heterocycles. The van der Waals surface area contributed by atoms with Gasteiger partial charge in [0.1, 0.15) is 5.41 Å². The molecule has 1 aromatic carbocycles. The Hall–Kier alpha value is -3.50. The van der Waals surface area contributed by atoms with Crippen molar-refractivity contribution in [2.24, 2.45) is 11.3 Å². The van der Waals surface area contributed by atoms with Crippen LogP contribution in [0.3, 0.4) is 0 Å². The summed E-state index contributed by atoms with van der Waals surface area (Å²) in [5.74, 6) is -1.51. The van der Waals surface area contributed by atoms with Gasteiger partial charge in [0.05, 0.1) is 12.0 Å². The van der Waals surface area contributed by atoms with Crippen molar-refractivity contribution in [3.63, 3.8) is 0 Å². The molecule has 1 aliphatic carbocycles. The zero-order valence-corrected chi connectivity index (χ0v) is 18.3. The quantitative estimate of drug-likeness (QED) is 0.632. The van der Waals surface area contributed by atoms with Gasteiger partial charge in [-0.2, -0.15) is 5.26 Å². The molecule has 0 saturated carbocycles. The summed E-state index contributed by atoms with van der Waals surface area (Å²) in [6, 6.07) is 12.0. The van der Waals surface area contributed by atoms with Crippen LogP contribution in [-0.4, -0.2) is 16.8 Å². The number of rotatable bonds is 7. The molecule has 2 N–H and O–H groups in total. The lowest BCUT2D eigenvalue weighted by atomic mass is 9.67. The van der Waals surface area contributed by atoms with E-state index in [4.69, 9.17) is 0 Å². The van der Waals surface area contributed by atoms with Crippen LogP contribution in [0.25, 0.3) is 5.57 Å². The molecule has 0 radical (unpaired) electrons. The number of amides is 2. The smallest absolute Gasteiger partial charge is 0.247 e. The molecule has 7 heteroatoms. The minimum Gasteiger partial charge on any atom is -0.325 e. The number of nitrogens with one attached hydrogen (secondary N) is 2. The topological polar surface area (TPSA) is 94.9 Å². The summed E-state index contributed by atoms with van der Waals surface area (Å²) in [5.41, 5.74) is 1.01. The number of aryl methyl sites for hydroxylation is 1. The van der Waals surface area contributed by atoms with Gasteiger partial charge in [-0.15, -0.1) is 11.3 Å². The number of allylic oxidation sites excluding steroid dienone is 4. The number of nitrogens with zero attached hydrogens (tertiary/aromatic N) is 2. The summed E-state index contributed by atoms with van der Waals surface area (Å²) >= 11 is 1.41. The van der Waals surface area contributed by atoms with Gasteiger partial charge in [0.2, 0.25) is 11.8 Å². The van der Waals surface area contributed by atoms with Crippen LogP contribution in [0.2, 0.25) is 0 Å². The molecule has 31 heavy (non-hydrogen) atoms. The van der Waals surface area contributed by atoms with Crippen LogP contribution in [-0.2, 0) is 16.0 Å². The lowest BCUT2D eigenvalue weighted by Gasteiger charge is -2.37. The molecule has 1 unspecified atom stereocenters. The molecule has 2 atom stereocenters. The molecule has 0 fully saturated rings.